The van der Waals surface area contributed by atoms with Gasteiger partial charge in [-0.05, 0) is 81.4 Å². The summed E-state index contributed by atoms with van der Waals surface area (Å²) in [5, 5.41) is 16.0. The number of halogens is 3. The molecule has 2 nitrogen and oxygen atoms in total. The van der Waals surface area contributed by atoms with E-state index < -0.39 is 6.10 Å². The molecule has 0 aliphatic heterocycles. The Labute approximate surface area is 191 Å². The Bertz CT molecular complexity index is 1140. The minimum atomic E-state index is -0.712. The lowest BCUT2D eigenvalue weighted by atomic mass is 9.95. The largest absolute Gasteiger partial charge is 0.387 e. The van der Waals surface area contributed by atoms with E-state index in [-0.39, 0.29) is 0 Å². The smallest absolute Gasteiger partial charge is 0.0921 e. The molecule has 5 heteroatoms. The first-order valence-electron chi connectivity index (χ1n) is 9.59. The first kappa shape index (κ1) is 21.2. The van der Waals surface area contributed by atoms with E-state index in [4.69, 9.17) is 34.8 Å². The zero-order chi connectivity index (χ0) is 21.3. The number of aliphatic hydroxyl groups excluding tert-OH is 1. The lowest BCUT2D eigenvalue weighted by molar-refractivity contribution is 0.177. The van der Waals surface area contributed by atoms with Gasteiger partial charge in [-0.2, -0.15) is 0 Å². The van der Waals surface area contributed by atoms with Gasteiger partial charge in [0.1, 0.15) is 0 Å². The van der Waals surface area contributed by atoms with Crippen molar-refractivity contribution in [2.75, 3.05) is 13.1 Å². The normalized spacial score (nSPS) is 14.5. The van der Waals surface area contributed by atoms with Crippen LogP contribution in [-0.4, -0.2) is 18.2 Å². The number of hydrogen-bond donors (Lipinski definition) is 2. The molecule has 0 bridgehead atoms. The van der Waals surface area contributed by atoms with Gasteiger partial charge in [-0.3, -0.25) is 0 Å². The predicted molar refractivity (Wildman–Crippen MR) is 128 cm³/mol. The SMILES string of the molecule is C=CCNCC(O)c1cc(Cl)cc2c1-c1ccc(Cl)cc1/C2=C\c1ccc(Cl)cc1. The van der Waals surface area contributed by atoms with Gasteiger partial charge in [0, 0.05) is 28.2 Å². The van der Waals surface area contributed by atoms with Crippen LogP contribution in [0.25, 0.3) is 22.8 Å². The van der Waals surface area contributed by atoms with Crippen molar-refractivity contribution in [3.8, 4) is 11.1 Å². The highest BCUT2D eigenvalue weighted by molar-refractivity contribution is 6.32. The number of nitrogens with one attached hydrogen (secondary N) is 1. The lowest BCUT2D eigenvalue weighted by Crippen LogP contribution is -2.21. The first-order valence-corrected chi connectivity index (χ1v) is 10.7. The Hall–Kier alpha value is -2.07. The second kappa shape index (κ2) is 8.97. The lowest BCUT2D eigenvalue weighted by Gasteiger charge is -2.17. The zero-order valence-corrected chi connectivity index (χ0v) is 18.4. The van der Waals surface area contributed by atoms with Crippen LogP contribution in [0.1, 0.15) is 28.4 Å². The Morgan fingerprint density at radius 1 is 0.867 bits per heavy atom. The molecule has 4 rings (SSSR count). The van der Waals surface area contributed by atoms with E-state index in [1.807, 2.05) is 54.6 Å². The molecule has 30 heavy (non-hydrogen) atoms. The molecule has 1 aliphatic rings. The molecule has 3 aromatic carbocycles. The van der Waals surface area contributed by atoms with Crippen LogP contribution in [0.3, 0.4) is 0 Å². The molecular formula is C25H20Cl3NO. The minimum Gasteiger partial charge on any atom is -0.387 e. The topological polar surface area (TPSA) is 32.3 Å². The van der Waals surface area contributed by atoms with Crippen molar-refractivity contribution in [2.45, 2.75) is 6.10 Å². The fourth-order valence-corrected chi connectivity index (χ4v) is 4.34. The maximum absolute atomic E-state index is 10.9. The average molecular weight is 457 g/mol. The molecule has 0 saturated carbocycles. The van der Waals surface area contributed by atoms with E-state index in [2.05, 4.69) is 18.0 Å². The molecule has 2 N–H and O–H groups in total. The van der Waals surface area contributed by atoms with E-state index in [1.54, 1.807) is 6.08 Å². The Balaban J connectivity index is 1.90. The van der Waals surface area contributed by atoms with Gasteiger partial charge in [0.05, 0.1) is 6.10 Å². The van der Waals surface area contributed by atoms with Crippen LogP contribution in [-0.2, 0) is 0 Å². The summed E-state index contributed by atoms with van der Waals surface area (Å²) in [6.07, 6.45) is 3.15. The molecule has 0 fully saturated rings. The number of fused-ring (bicyclic) bond motifs is 3. The molecule has 1 unspecified atom stereocenters. The summed E-state index contributed by atoms with van der Waals surface area (Å²) in [6, 6.07) is 17.3. The van der Waals surface area contributed by atoms with Crippen LogP contribution in [0.15, 0.2) is 67.3 Å². The van der Waals surface area contributed by atoms with Gasteiger partial charge in [-0.1, -0.05) is 59.1 Å². The predicted octanol–water partition coefficient (Wildman–Crippen LogP) is 7.03. The fraction of sp³-hybridized carbons (Fsp3) is 0.120. The third-order valence-electron chi connectivity index (χ3n) is 5.13. The van der Waals surface area contributed by atoms with Crippen molar-refractivity contribution in [2.24, 2.45) is 0 Å². The van der Waals surface area contributed by atoms with E-state index >= 15 is 0 Å². The van der Waals surface area contributed by atoms with Gasteiger partial charge >= 0.3 is 0 Å². The Morgan fingerprint density at radius 3 is 2.30 bits per heavy atom. The van der Waals surface area contributed by atoms with E-state index in [0.717, 1.165) is 39.0 Å². The van der Waals surface area contributed by atoms with Crippen molar-refractivity contribution in [3.63, 3.8) is 0 Å². The molecule has 3 aromatic rings. The van der Waals surface area contributed by atoms with Crippen molar-refractivity contribution in [1.82, 2.24) is 5.32 Å². The highest BCUT2D eigenvalue weighted by Gasteiger charge is 2.29. The quantitative estimate of drug-likeness (QED) is 0.241. The summed E-state index contributed by atoms with van der Waals surface area (Å²) in [7, 11) is 0. The Morgan fingerprint density at radius 2 is 1.57 bits per heavy atom. The van der Waals surface area contributed by atoms with Crippen molar-refractivity contribution >= 4 is 46.5 Å². The number of rotatable bonds is 6. The Kier molecular flexibility index (Phi) is 6.33. The van der Waals surface area contributed by atoms with Gasteiger partial charge < -0.3 is 10.4 Å². The highest BCUT2D eigenvalue weighted by atomic mass is 35.5. The fourth-order valence-electron chi connectivity index (χ4n) is 3.82. The van der Waals surface area contributed by atoms with Crippen LogP contribution in [0, 0.1) is 0 Å². The van der Waals surface area contributed by atoms with Gasteiger partial charge in [0.25, 0.3) is 0 Å². The van der Waals surface area contributed by atoms with E-state index in [9.17, 15) is 5.11 Å². The zero-order valence-electron chi connectivity index (χ0n) is 16.1. The molecular weight excluding hydrogens is 437 g/mol. The molecule has 1 atom stereocenters. The first-order chi connectivity index (χ1) is 14.5. The summed E-state index contributed by atoms with van der Waals surface area (Å²) in [5.41, 5.74) is 6.83. The standard InChI is InChI=1S/C25H20Cl3NO/c1-2-9-29-14-24(30)23-13-18(28)12-22-20(10-15-3-5-16(26)6-4-15)21-11-17(27)7-8-19(21)25(22)23/h2-8,10-13,24,29-30H,1,9,14H2/b20-10+. The molecule has 0 heterocycles. The molecule has 152 valence electrons. The molecule has 1 aliphatic carbocycles. The van der Waals surface area contributed by atoms with Gasteiger partial charge in [-0.15, -0.1) is 6.58 Å². The summed E-state index contributed by atoms with van der Waals surface area (Å²) in [5.74, 6) is 0. The average Bonchev–Trinajstić information content (AvgIpc) is 3.01. The third kappa shape index (κ3) is 4.20. The number of benzene rings is 3. The summed E-state index contributed by atoms with van der Waals surface area (Å²) >= 11 is 18.9. The van der Waals surface area contributed by atoms with Crippen LogP contribution < -0.4 is 5.32 Å². The molecule has 0 saturated heterocycles. The highest BCUT2D eigenvalue weighted by Crippen LogP contribution is 2.49. The maximum Gasteiger partial charge on any atom is 0.0921 e. The summed E-state index contributed by atoms with van der Waals surface area (Å²) in [6.45, 7) is 4.72. The van der Waals surface area contributed by atoms with Crippen LogP contribution in [0.2, 0.25) is 15.1 Å². The van der Waals surface area contributed by atoms with E-state index in [0.29, 0.717) is 28.2 Å². The van der Waals surface area contributed by atoms with Crippen molar-refractivity contribution in [1.29, 1.82) is 0 Å². The minimum absolute atomic E-state index is 0.401. The number of aliphatic hydroxyl groups is 1. The third-order valence-corrected chi connectivity index (χ3v) is 5.84. The number of hydrogen-bond acceptors (Lipinski definition) is 2. The van der Waals surface area contributed by atoms with Gasteiger partial charge in [0.15, 0.2) is 0 Å². The maximum atomic E-state index is 10.9. The van der Waals surface area contributed by atoms with Crippen LogP contribution in [0.5, 0.6) is 0 Å². The molecule has 0 radical (unpaired) electrons. The van der Waals surface area contributed by atoms with E-state index in [1.165, 1.54) is 0 Å². The molecule has 0 aromatic heterocycles. The van der Waals surface area contributed by atoms with Crippen LogP contribution in [0.4, 0.5) is 0 Å². The van der Waals surface area contributed by atoms with Crippen molar-refractivity contribution < 1.29 is 5.11 Å². The molecule has 0 amide bonds. The second-order valence-electron chi connectivity index (χ2n) is 7.18. The second-order valence-corrected chi connectivity index (χ2v) is 8.49. The molecule has 0 spiro atoms. The van der Waals surface area contributed by atoms with Crippen LogP contribution >= 0.6 is 34.8 Å². The summed E-state index contributed by atoms with van der Waals surface area (Å²) < 4.78 is 0. The van der Waals surface area contributed by atoms with Gasteiger partial charge in [0.2, 0.25) is 0 Å². The van der Waals surface area contributed by atoms with Crippen molar-refractivity contribution in [3.05, 3.63) is 105 Å². The monoisotopic (exact) mass is 455 g/mol. The van der Waals surface area contributed by atoms with Gasteiger partial charge in [-0.25, -0.2) is 0 Å². The summed E-state index contributed by atoms with van der Waals surface area (Å²) in [4.78, 5) is 0.